The highest BCUT2D eigenvalue weighted by Crippen LogP contribution is 2.31. The molecule has 3 rings (SSSR count). The van der Waals surface area contributed by atoms with Gasteiger partial charge in [0.05, 0.1) is 5.56 Å². The van der Waals surface area contributed by atoms with Crippen LogP contribution in [0.4, 0.5) is 18.9 Å². The number of likely N-dealkylation sites (N-methyl/N-ethyl adjacent to an activating group) is 1. The largest absolute Gasteiger partial charge is 0.416 e. The number of halogens is 4. The molecule has 1 N–H and O–H groups in total. The summed E-state index contributed by atoms with van der Waals surface area (Å²) in [5.41, 5.74) is 0.0254. The summed E-state index contributed by atoms with van der Waals surface area (Å²) < 4.78 is 39.0. The van der Waals surface area contributed by atoms with E-state index in [1.54, 1.807) is 13.1 Å². The Hall–Kier alpha value is -1.27. The Balaban J connectivity index is 0.00000363. The number of nitrogens with one attached hydrogen (secondary N) is 1. The third-order valence-corrected chi connectivity index (χ3v) is 6.10. The van der Waals surface area contributed by atoms with Crippen molar-refractivity contribution >= 4 is 35.6 Å². The van der Waals surface area contributed by atoms with Crippen molar-refractivity contribution in [3.05, 3.63) is 29.8 Å². The lowest BCUT2D eigenvalue weighted by Crippen LogP contribution is -2.53. The van der Waals surface area contributed by atoms with Crippen LogP contribution in [0.25, 0.3) is 0 Å². The predicted octanol–water partition coefficient (Wildman–Crippen LogP) is 2.90. The van der Waals surface area contributed by atoms with Gasteiger partial charge >= 0.3 is 6.18 Å². The van der Waals surface area contributed by atoms with Gasteiger partial charge in [0, 0.05) is 78.2 Å². The number of rotatable bonds is 5. The molecule has 182 valence electrons. The maximum absolute atomic E-state index is 13.0. The Morgan fingerprint density at radius 3 is 2.31 bits per heavy atom. The smallest absolute Gasteiger partial charge is 0.368 e. The molecule has 10 heteroatoms. The summed E-state index contributed by atoms with van der Waals surface area (Å²) >= 11 is 0. The molecule has 0 aromatic heterocycles. The second kappa shape index (κ2) is 12.3. The van der Waals surface area contributed by atoms with Gasteiger partial charge in [-0.25, -0.2) is 0 Å². The summed E-state index contributed by atoms with van der Waals surface area (Å²) in [5.74, 6) is 1.38. The zero-order valence-corrected chi connectivity index (χ0v) is 21.6. The summed E-state index contributed by atoms with van der Waals surface area (Å²) in [4.78, 5) is 13.5. The third kappa shape index (κ3) is 7.65. The molecule has 1 aromatic rings. The molecule has 1 atom stereocenters. The molecule has 0 saturated carbocycles. The van der Waals surface area contributed by atoms with Crippen LogP contribution in [0.15, 0.2) is 29.3 Å². The summed E-state index contributed by atoms with van der Waals surface area (Å²) in [6, 6.07) is 5.59. The van der Waals surface area contributed by atoms with Crippen LogP contribution in [0.3, 0.4) is 0 Å². The van der Waals surface area contributed by atoms with Crippen molar-refractivity contribution in [3.63, 3.8) is 0 Å². The monoisotopic (exact) mass is 568 g/mol. The minimum atomic E-state index is -4.31. The number of guanidine groups is 1. The van der Waals surface area contributed by atoms with Gasteiger partial charge < -0.3 is 24.9 Å². The van der Waals surface area contributed by atoms with Crippen molar-refractivity contribution < 1.29 is 13.2 Å². The second-order valence-corrected chi connectivity index (χ2v) is 8.66. The van der Waals surface area contributed by atoms with E-state index in [0.29, 0.717) is 24.7 Å². The molecular weight excluding hydrogens is 532 g/mol. The molecule has 2 aliphatic rings. The van der Waals surface area contributed by atoms with Gasteiger partial charge in [-0.15, -0.1) is 24.0 Å². The summed E-state index contributed by atoms with van der Waals surface area (Å²) in [6.07, 6.45) is -4.31. The Morgan fingerprint density at radius 1 is 1.06 bits per heavy atom. The zero-order valence-electron chi connectivity index (χ0n) is 19.2. The molecule has 1 unspecified atom stereocenters. The molecule has 6 nitrogen and oxygen atoms in total. The SMILES string of the molecule is CN=C(NCC(C)CN1CCN(C)CC1)N1CCN(c2cccc(C(F)(F)F)c2)CC1.I. The number of piperazine rings is 2. The lowest BCUT2D eigenvalue weighted by atomic mass is 10.1. The minimum absolute atomic E-state index is 0. The van der Waals surface area contributed by atoms with Crippen molar-refractivity contribution in [1.29, 1.82) is 0 Å². The molecule has 0 spiro atoms. The number of alkyl halides is 3. The number of nitrogens with zero attached hydrogens (tertiary/aromatic N) is 5. The van der Waals surface area contributed by atoms with Gasteiger partial charge in [-0.05, 0) is 31.2 Å². The fraction of sp³-hybridized carbons (Fsp3) is 0.682. The first-order chi connectivity index (χ1) is 14.8. The van der Waals surface area contributed by atoms with Gasteiger partial charge in [-0.1, -0.05) is 13.0 Å². The summed E-state index contributed by atoms with van der Waals surface area (Å²) in [5, 5.41) is 3.49. The van der Waals surface area contributed by atoms with Crippen molar-refractivity contribution in [2.24, 2.45) is 10.9 Å². The van der Waals surface area contributed by atoms with E-state index in [1.807, 2.05) is 4.90 Å². The summed E-state index contributed by atoms with van der Waals surface area (Å²) in [7, 11) is 3.95. The first kappa shape index (κ1) is 27.0. The van der Waals surface area contributed by atoms with Crippen LogP contribution in [-0.2, 0) is 6.18 Å². The highest BCUT2D eigenvalue weighted by Gasteiger charge is 2.31. The number of hydrogen-bond donors (Lipinski definition) is 1. The number of hydrogen-bond acceptors (Lipinski definition) is 4. The van der Waals surface area contributed by atoms with E-state index >= 15 is 0 Å². The van der Waals surface area contributed by atoms with Crippen molar-refractivity contribution in [1.82, 2.24) is 20.0 Å². The molecule has 2 heterocycles. The molecule has 1 aromatic carbocycles. The minimum Gasteiger partial charge on any atom is -0.368 e. The van der Waals surface area contributed by atoms with E-state index in [-0.39, 0.29) is 24.0 Å². The average Bonchev–Trinajstić information content (AvgIpc) is 2.76. The van der Waals surface area contributed by atoms with Crippen molar-refractivity contribution in [2.45, 2.75) is 13.1 Å². The summed E-state index contributed by atoms with van der Waals surface area (Å²) in [6.45, 7) is 11.4. The van der Waals surface area contributed by atoms with Crippen LogP contribution in [0.2, 0.25) is 0 Å². The maximum Gasteiger partial charge on any atom is 0.416 e. The first-order valence-corrected chi connectivity index (χ1v) is 11.0. The molecule has 2 fully saturated rings. The van der Waals surface area contributed by atoms with E-state index < -0.39 is 11.7 Å². The van der Waals surface area contributed by atoms with Gasteiger partial charge in [0.15, 0.2) is 5.96 Å². The van der Waals surface area contributed by atoms with Crippen molar-refractivity contribution in [2.75, 3.05) is 84.4 Å². The molecule has 0 radical (unpaired) electrons. The lowest BCUT2D eigenvalue weighted by Gasteiger charge is -2.38. The Labute approximate surface area is 206 Å². The molecule has 0 aliphatic carbocycles. The van der Waals surface area contributed by atoms with E-state index in [1.165, 1.54) is 12.1 Å². The average molecular weight is 568 g/mol. The maximum atomic E-state index is 13.0. The number of anilines is 1. The lowest BCUT2D eigenvalue weighted by molar-refractivity contribution is -0.137. The van der Waals surface area contributed by atoms with Crippen LogP contribution in [0.1, 0.15) is 12.5 Å². The molecule has 0 bridgehead atoms. The van der Waals surface area contributed by atoms with E-state index in [2.05, 4.69) is 39.0 Å². The van der Waals surface area contributed by atoms with Crippen LogP contribution in [0, 0.1) is 5.92 Å². The first-order valence-electron chi connectivity index (χ1n) is 11.0. The highest BCUT2D eigenvalue weighted by molar-refractivity contribution is 14.0. The third-order valence-electron chi connectivity index (χ3n) is 6.10. The Morgan fingerprint density at radius 2 is 1.72 bits per heavy atom. The normalized spacial score (nSPS) is 20.1. The second-order valence-electron chi connectivity index (χ2n) is 8.66. The molecule has 2 aliphatic heterocycles. The van der Waals surface area contributed by atoms with E-state index in [9.17, 15) is 13.2 Å². The fourth-order valence-electron chi connectivity index (χ4n) is 4.19. The van der Waals surface area contributed by atoms with Gasteiger partial charge in [0.2, 0.25) is 0 Å². The standard InChI is InChI=1S/C22H35F3N6.HI/c1-18(17-29-9-7-28(3)8-10-29)16-27-21(26-2)31-13-11-30(12-14-31)20-6-4-5-19(15-20)22(23,24)25;/h4-6,15,18H,7-14,16-17H2,1-3H3,(H,26,27);1H. The van der Waals surface area contributed by atoms with E-state index in [0.717, 1.165) is 64.4 Å². The Kier molecular flexibility index (Phi) is 10.3. The van der Waals surface area contributed by atoms with Crippen molar-refractivity contribution in [3.8, 4) is 0 Å². The van der Waals surface area contributed by atoms with E-state index in [4.69, 9.17) is 0 Å². The van der Waals surface area contributed by atoms with Gasteiger partial charge in [-0.3, -0.25) is 4.99 Å². The van der Waals surface area contributed by atoms with Gasteiger partial charge in [-0.2, -0.15) is 13.2 Å². The van der Waals surface area contributed by atoms with Gasteiger partial charge in [0.1, 0.15) is 0 Å². The quantitative estimate of drug-likeness (QED) is 0.336. The molecule has 2 saturated heterocycles. The van der Waals surface area contributed by atoms with Crippen LogP contribution in [-0.4, -0.2) is 100 Å². The fourth-order valence-corrected chi connectivity index (χ4v) is 4.19. The molecular formula is C22H36F3IN6. The topological polar surface area (TPSA) is 37.4 Å². The van der Waals surface area contributed by atoms with Gasteiger partial charge in [0.25, 0.3) is 0 Å². The molecule has 0 amide bonds. The van der Waals surface area contributed by atoms with Crippen LogP contribution < -0.4 is 10.2 Å². The zero-order chi connectivity index (χ0) is 22.4. The predicted molar refractivity (Wildman–Crippen MR) is 135 cm³/mol. The van der Waals surface area contributed by atoms with Crippen LogP contribution in [0.5, 0.6) is 0 Å². The molecule has 32 heavy (non-hydrogen) atoms. The van der Waals surface area contributed by atoms with Crippen LogP contribution >= 0.6 is 24.0 Å². The number of aliphatic imine (C=N–C) groups is 1. The highest BCUT2D eigenvalue weighted by atomic mass is 127. The Bertz CT molecular complexity index is 729. The number of benzene rings is 1.